The lowest BCUT2D eigenvalue weighted by molar-refractivity contribution is 0.415. The molecule has 3 aromatic rings. The zero-order valence-electron chi connectivity index (χ0n) is 12.1. The average molecular weight is 410 g/mol. The Kier molecular flexibility index (Phi) is 4.12. The van der Waals surface area contributed by atoms with Gasteiger partial charge in [-0.25, -0.2) is 9.97 Å². The summed E-state index contributed by atoms with van der Waals surface area (Å²) in [7, 11) is 1.67. The lowest BCUT2D eigenvalue weighted by Crippen LogP contribution is -1.91. The molecule has 0 unspecified atom stereocenters. The summed E-state index contributed by atoms with van der Waals surface area (Å²) in [6, 6.07) is 8.07. The highest BCUT2D eigenvalue weighted by Crippen LogP contribution is 2.30. The number of pyridine rings is 1. The van der Waals surface area contributed by atoms with E-state index in [0.29, 0.717) is 5.92 Å². The second-order valence-electron chi connectivity index (χ2n) is 5.10. The molecule has 0 fully saturated rings. The number of halogens is 1. The maximum atomic E-state index is 5.29. The van der Waals surface area contributed by atoms with Crippen molar-refractivity contribution in [3.05, 3.63) is 38.2 Å². The number of thiazole rings is 1. The van der Waals surface area contributed by atoms with Crippen molar-refractivity contribution in [2.75, 3.05) is 7.11 Å². The Bertz CT molecular complexity index is 798. The zero-order chi connectivity index (χ0) is 15.0. The summed E-state index contributed by atoms with van der Waals surface area (Å²) < 4.78 is 6.46. The average Bonchev–Trinajstić information content (AvgIpc) is 2.96. The highest BCUT2D eigenvalue weighted by molar-refractivity contribution is 14.1. The van der Waals surface area contributed by atoms with Crippen molar-refractivity contribution in [2.45, 2.75) is 19.8 Å². The van der Waals surface area contributed by atoms with Gasteiger partial charge in [0.2, 0.25) is 0 Å². The summed E-state index contributed by atoms with van der Waals surface area (Å²) in [5, 5.41) is 4.37. The summed E-state index contributed by atoms with van der Waals surface area (Å²) in [6.07, 6.45) is 0. The van der Waals surface area contributed by atoms with Crippen LogP contribution in [0.4, 0.5) is 0 Å². The first-order valence-electron chi connectivity index (χ1n) is 6.68. The van der Waals surface area contributed by atoms with Crippen molar-refractivity contribution < 1.29 is 4.74 Å². The second-order valence-corrected chi connectivity index (χ2v) is 7.15. The van der Waals surface area contributed by atoms with Crippen LogP contribution in [0.2, 0.25) is 0 Å². The number of aromatic nitrogens is 2. The molecule has 2 aromatic heterocycles. The molecule has 0 amide bonds. The fourth-order valence-corrected chi connectivity index (χ4v) is 3.67. The molecule has 5 heteroatoms. The van der Waals surface area contributed by atoms with Crippen LogP contribution in [0.5, 0.6) is 5.75 Å². The number of benzene rings is 1. The summed E-state index contributed by atoms with van der Waals surface area (Å²) in [5.74, 6) is 1.27. The van der Waals surface area contributed by atoms with E-state index >= 15 is 0 Å². The van der Waals surface area contributed by atoms with E-state index in [1.165, 1.54) is 3.57 Å². The fourth-order valence-electron chi connectivity index (χ4n) is 2.09. The van der Waals surface area contributed by atoms with Gasteiger partial charge in [-0.2, -0.15) is 0 Å². The first-order chi connectivity index (χ1) is 10.1. The summed E-state index contributed by atoms with van der Waals surface area (Å²) in [5.41, 5.74) is 2.81. The van der Waals surface area contributed by atoms with Gasteiger partial charge in [0.15, 0.2) is 0 Å². The molecule has 0 spiro atoms. The minimum Gasteiger partial charge on any atom is -0.497 e. The standard InChI is InChI=1S/C16H15IN2OS/c1-9(2)16-19-15(8-21-16)14-7-12(17)11-5-4-10(20-3)6-13(11)18-14/h4-9H,1-3H3. The molecule has 21 heavy (non-hydrogen) atoms. The molecular weight excluding hydrogens is 395 g/mol. The molecule has 1 aromatic carbocycles. The van der Waals surface area contributed by atoms with Crippen molar-refractivity contribution in [3.63, 3.8) is 0 Å². The molecular formula is C16H15IN2OS. The van der Waals surface area contributed by atoms with Crippen molar-refractivity contribution in [1.29, 1.82) is 0 Å². The van der Waals surface area contributed by atoms with Gasteiger partial charge in [-0.05, 0) is 40.8 Å². The molecule has 0 aliphatic heterocycles. The van der Waals surface area contributed by atoms with Gasteiger partial charge in [0.05, 0.1) is 29.0 Å². The molecule has 0 N–H and O–H groups in total. The highest BCUT2D eigenvalue weighted by atomic mass is 127. The van der Waals surface area contributed by atoms with E-state index < -0.39 is 0 Å². The Labute approximate surface area is 141 Å². The monoisotopic (exact) mass is 410 g/mol. The van der Waals surface area contributed by atoms with E-state index in [9.17, 15) is 0 Å². The Morgan fingerprint density at radius 1 is 1.14 bits per heavy atom. The third kappa shape index (κ3) is 2.89. The Balaban J connectivity index is 2.13. The smallest absolute Gasteiger partial charge is 0.121 e. The van der Waals surface area contributed by atoms with Crippen LogP contribution in [-0.4, -0.2) is 17.1 Å². The van der Waals surface area contributed by atoms with Crippen LogP contribution in [-0.2, 0) is 0 Å². The van der Waals surface area contributed by atoms with E-state index in [1.807, 2.05) is 18.2 Å². The zero-order valence-corrected chi connectivity index (χ0v) is 15.0. The van der Waals surface area contributed by atoms with E-state index in [1.54, 1.807) is 18.4 Å². The molecule has 3 rings (SSSR count). The Hall–Kier alpha value is -1.21. The van der Waals surface area contributed by atoms with Crippen LogP contribution in [0, 0.1) is 3.57 Å². The van der Waals surface area contributed by atoms with Gasteiger partial charge in [-0.1, -0.05) is 13.8 Å². The molecule has 0 saturated heterocycles. The number of hydrogen-bond donors (Lipinski definition) is 0. The molecule has 0 saturated carbocycles. The lowest BCUT2D eigenvalue weighted by atomic mass is 10.2. The Morgan fingerprint density at radius 3 is 2.62 bits per heavy atom. The topological polar surface area (TPSA) is 35.0 Å². The SMILES string of the molecule is COc1ccc2c(I)cc(-c3csc(C(C)C)n3)nc2c1. The number of methoxy groups -OCH3 is 1. The number of fused-ring (bicyclic) bond motifs is 1. The van der Waals surface area contributed by atoms with Crippen molar-refractivity contribution >= 4 is 44.8 Å². The van der Waals surface area contributed by atoms with E-state index in [0.717, 1.165) is 33.0 Å². The molecule has 3 nitrogen and oxygen atoms in total. The first-order valence-corrected chi connectivity index (χ1v) is 8.64. The van der Waals surface area contributed by atoms with Gasteiger partial charge < -0.3 is 4.74 Å². The maximum absolute atomic E-state index is 5.29. The van der Waals surface area contributed by atoms with Gasteiger partial charge in [-0.15, -0.1) is 11.3 Å². The van der Waals surface area contributed by atoms with E-state index in [-0.39, 0.29) is 0 Å². The summed E-state index contributed by atoms with van der Waals surface area (Å²) in [6.45, 7) is 4.32. The van der Waals surface area contributed by atoms with Crippen LogP contribution >= 0.6 is 33.9 Å². The molecule has 0 radical (unpaired) electrons. The third-order valence-corrected chi connectivity index (χ3v) is 5.28. The number of hydrogen-bond acceptors (Lipinski definition) is 4. The summed E-state index contributed by atoms with van der Waals surface area (Å²) >= 11 is 4.04. The molecule has 0 atom stereocenters. The van der Waals surface area contributed by atoms with Crippen molar-refractivity contribution in [3.8, 4) is 17.1 Å². The highest BCUT2D eigenvalue weighted by Gasteiger charge is 2.11. The normalized spacial score (nSPS) is 11.3. The largest absolute Gasteiger partial charge is 0.497 e. The first kappa shape index (κ1) is 14.7. The second kappa shape index (κ2) is 5.88. The van der Waals surface area contributed by atoms with Crippen LogP contribution < -0.4 is 4.74 Å². The van der Waals surface area contributed by atoms with Gasteiger partial charge in [-0.3, -0.25) is 0 Å². The minimum atomic E-state index is 0.448. The van der Waals surface area contributed by atoms with Crippen LogP contribution in [0.15, 0.2) is 29.6 Å². The summed E-state index contributed by atoms with van der Waals surface area (Å²) in [4.78, 5) is 9.44. The Morgan fingerprint density at radius 2 is 1.95 bits per heavy atom. The number of ether oxygens (including phenoxy) is 1. The lowest BCUT2D eigenvalue weighted by Gasteiger charge is -2.06. The predicted molar refractivity (Wildman–Crippen MR) is 96.2 cm³/mol. The van der Waals surface area contributed by atoms with Crippen LogP contribution in [0.3, 0.4) is 0 Å². The molecule has 0 aliphatic rings. The van der Waals surface area contributed by atoms with E-state index in [4.69, 9.17) is 14.7 Å². The molecule has 0 aliphatic carbocycles. The molecule has 2 heterocycles. The van der Waals surface area contributed by atoms with Gasteiger partial charge in [0, 0.05) is 26.3 Å². The van der Waals surface area contributed by atoms with Crippen molar-refractivity contribution in [1.82, 2.24) is 9.97 Å². The predicted octanol–water partition coefficient (Wildman–Crippen LogP) is 5.09. The van der Waals surface area contributed by atoms with E-state index in [2.05, 4.69) is 47.9 Å². The van der Waals surface area contributed by atoms with Crippen LogP contribution in [0.25, 0.3) is 22.3 Å². The third-order valence-electron chi connectivity index (χ3n) is 3.24. The van der Waals surface area contributed by atoms with Crippen molar-refractivity contribution in [2.24, 2.45) is 0 Å². The molecule has 108 valence electrons. The molecule has 0 bridgehead atoms. The maximum Gasteiger partial charge on any atom is 0.121 e. The van der Waals surface area contributed by atoms with Gasteiger partial charge in [0.25, 0.3) is 0 Å². The number of nitrogens with zero attached hydrogens (tertiary/aromatic N) is 2. The van der Waals surface area contributed by atoms with Crippen LogP contribution in [0.1, 0.15) is 24.8 Å². The van der Waals surface area contributed by atoms with Gasteiger partial charge in [0.1, 0.15) is 5.75 Å². The van der Waals surface area contributed by atoms with Gasteiger partial charge >= 0.3 is 0 Å². The minimum absolute atomic E-state index is 0.448. The quantitative estimate of drug-likeness (QED) is 0.564. The fraction of sp³-hybridized carbons (Fsp3) is 0.250. The number of rotatable bonds is 3.